The second-order valence-corrected chi connectivity index (χ2v) is 31.7. The Hall–Kier alpha value is -4.43. The molecule has 30 fully saturated rings. The number of ether oxygens (including phenoxy) is 17. The number of nitrogens with zero attached hydrogens (tertiary/aromatic N) is 2. The average Bonchev–Trinajstić information content (AvgIpc) is 0.772. The summed E-state index contributed by atoms with van der Waals surface area (Å²) in [5, 5.41) is 278. The number of hydrogen-bond donors (Lipinski definition) is 26. The minimum atomic E-state index is -2.33. The highest BCUT2D eigenvalue weighted by Crippen LogP contribution is 2.41. The number of rotatable bonds is 26. The Labute approximate surface area is 709 Å². The van der Waals surface area contributed by atoms with Crippen molar-refractivity contribution in [1.82, 2.24) is 5.32 Å². The lowest BCUT2D eigenvalue weighted by Gasteiger charge is -2.50. The van der Waals surface area contributed by atoms with Crippen LogP contribution in [0, 0.1) is 5.92 Å². The van der Waals surface area contributed by atoms with Crippen molar-refractivity contribution >= 4 is 35.9 Å². The summed E-state index contributed by atoms with van der Waals surface area (Å²) in [6, 6.07) is 17.5. The summed E-state index contributed by atoms with van der Waals surface area (Å²) >= 11 is 4.24. The van der Waals surface area contributed by atoms with Gasteiger partial charge in [0.15, 0.2) is 50.3 Å². The van der Waals surface area contributed by atoms with E-state index in [0.29, 0.717) is 0 Å². The van der Waals surface area contributed by atoms with Gasteiger partial charge in [0, 0.05) is 13.0 Å². The molecule has 32 rings (SSSR count). The van der Waals surface area contributed by atoms with E-state index in [1.54, 1.807) is 0 Å². The van der Waals surface area contributed by atoms with Gasteiger partial charge in [-0.3, -0.25) is 9.59 Å². The van der Waals surface area contributed by atoms with Crippen LogP contribution in [0.5, 0.6) is 5.75 Å². The normalized spacial score (nSPS) is 43.0. The van der Waals surface area contributed by atoms with E-state index < -0.39 is 323 Å². The number of amides is 1. The minimum Gasteiger partial charge on any atom is -0.494 e. The number of unbranched alkanes of at least 4 members (excludes halogenated alkanes) is 7. The van der Waals surface area contributed by atoms with Gasteiger partial charge in [-0.25, -0.2) is 0 Å². The van der Waals surface area contributed by atoms with Crippen LogP contribution in [-0.4, -0.2) is 445 Å². The van der Waals surface area contributed by atoms with Crippen molar-refractivity contribution in [3.8, 4) is 5.75 Å². The zero-order chi connectivity index (χ0) is 89.2. The van der Waals surface area contributed by atoms with Crippen LogP contribution in [0.2, 0.25) is 0 Å². The number of aliphatic hydroxyl groups is 23. The number of benzene rings is 2. The van der Waals surface area contributed by atoms with Gasteiger partial charge in [-0.2, -0.15) is 22.9 Å². The SMILES string of the molecule is CC(CCC(=O)NC[C@H]1O[C@@H]2O[C@H]3[C@H](O)[C@@H](O)[C@@H](O[C@H]4[C@H](O)[C@@H](O)[C@@H](O[C@H]5[C@H](O)[C@@H](O)[C@@H](O[C@H]6[C@H](O)[C@@H](O)[C@@H](O[C@H]7[C@H](O)[C@@H](O)[C@@H](O[C@H]8[C@H](O)[C@@H](O)[C@@H](O[C@H]9[C@H](O)[C@@H](O)[C@@H](O[C@H]1[C@H](O)[C@H]2O)O[C@@H]9CO)O[C@@H]8CO)O[C@@H]7CO)O[C@@H]6CO)O[C@@H]5CO)O[C@@H]4CO)O[C@@H]3CO)C(=O)O.SCCCCCCCCCCOc1ccc(N=Nc2ccccc2)cc1. The average molecular weight is 1790 g/mol. The number of hydrogen-bond acceptors (Lipinski definition) is 45. The van der Waals surface area contributed by atoms with E-state index in [-0.39, 0.29) is 6.42 Å². The highest BCUT2D eigenvalue weighted by Gasteiger charge is 2.61. The molecule has 702 valence electrons. The van der Waals surface area contributed by atoms with Crippen LogP contribution in [0.1, 0.15) is 71.1 Å². The fraction of sp³-hybridized carbons (Fsp3) is 0.816. The number of nitrogens with one attached hydrogen (secondary N) is 1. The van der Waals surface area contributed by atoms with E-state index in [4.69, 9.17) is 80.5 Å². The van der Waals surface area contributed by atoms with Crippen LogP contribution in [0.25, 0.3) is 0 Å². The van der Waals surface area contributed by atoms with Gasteiger partial charge >= 0.3 is 5.97 Å². The Morgan fingerprint density at radius 3 is 0.846 bits per heavy atom. The maximum atomic E-state index is 13.1. The van der Waals surface area contributed by atoms with E-state index in [1.165, 1.54) is 51.9 Å². The second kappa shape index (κ2) is 47.9. The molecule has 30 heterocycles. The molecule has 0 aliphatic carbocycles. The number of aliphatic carboxylic acids is 1. The highest BCUT2D eigenvalue weighted by atomic mass is 32.1. The minimum absolute atomic E-state index is 0.184. The van der Waals surface area contributed by atoms with Gasteiger partial charge < -0.3 is 208 Å². The van der Waals surface area contributed by atoms with Crippen molar-refractivity contribution < 1.29 is 213 Å². The standard InChI is InChI=1S/C54H89NO42.C22H30N2OS/c1-12(46(80)81)2-3-21(63)55-4-13-38-22(64)30(72)47(82-13)91-39-14(5-56)84-49(32(74)24(39)66)93-41-16(7-58)86-51(34(76)26(41)68)95-43-18(9-60)88-53(36(78)28(43)70)97-45-20(11-62)89-54(37(79)29(45)71)96-44-19(10-61)87-52(35(77)27(44)69)94-42-17(8-59)85-50(33(75)25(42)67)92-40-15(6-57)83-48(90-38)31(73)23(40)65;26-19-11-6-4-2-1-3-5-10-18-25-22-16-14-21(15-17-22)24-23-20-12-8-7-9-13-20/h12-20,22-45,47-54,56-62,64-79H,2-11H2,1H3,(H,55,63)(H,80,81);7-9,12-17,26H,1-6,10-11,18-19H2/t12?,13-,14-,15-,16-,17-,18-,19-,20-,22-,23-,24-,25-,26-,27-,28-,29-,30-,31-,32-,33-,34-,35-,36-,37-,38-,39-,40-,41-,42-,43-,44-,45-,47-,48-,49-,50-,51-,52-,53-,54-;/m1./s1. The number of carbonyl (C=O) groups excluding carboxylic acids is 1. The molecular formula is C76H119N3O43S. The molecule has 1 amide bonds. The van der Waals surface area contributed by atoms with E-state index >= 15 is 0 Å². The molecule has 30 saturated heterocycles. The third kappa shape index (κ3) is 25.0. The van der Waals surface area contributed by atoms with Gasteiger partial charge in [-0.15, -0.1) is 0 Å². The topological polar surface area (TPSA) is 713 Å². The van der Waals surface area contributed by atoms with Gasteiger partial charge in [0.25, 0.3) is 0 Å². The first-order valence-corrected chi connectivity index (χ1v) is 41.5. The first-order valence-electron chi connectivity index (χ1n) is 40.9. The second-order valence-electron chi connectivity index (χ2n) is 31.3. The Balaban J connectivity index is 0.000000518. The number of azo groups is 1. The zero-order valence-corrected chi connectivity index (χ0v) is 67.7. The summed E-state index contributed by atoms with van der Waals surface area (Å²) in [7, 11) is 0. The fourth-order valence-corrected chi connectivity index (χ4v) is 15.6. The molecule has 1 unspecified atom stereocenters. The number of carboxylic acids is 1. The molecule has 0 spiro atoms. The third-order valence-corrected chi connectivity index (χ3v) is 23.0. The molecule has 2 aromatic carbocycles. The maximum Gasteiger partial charge on any atom is 0.306 e. The van der Waals surface area contributed by atoms with Gasteiger partial charge in [0.1, 0.15) is 201 Å². The van der Waals surface area contributed by atoms with Crippen molar-refractivity contribution in [3.63, 3.8) is 0 Å². The smallest absolute Gasteiger partial charge is 0.306 e. The predicted octanol–water partition coefficient (Wildman–Crippen LogP) is -9.25. The van der Waals surface area contributed by atoms with Crippen molar-refractivity contribution in [1.29, 1.82) is 0 Å². The predicted molar refractivity (Wildman–Crippen MR) is 406 cm³/mol. The van der Waals surface area contributed by atoms with Crippen molar-refractivity contribution in [2.24, 2.45) is 16.1 Å². The molecule has 0 aromatic heterocycles. The van der Waals surface area contributed by atoms with Crippen molar-refractivity contribution in [2.45, 2.75) is 317 Å². The summed E-state index contributed by atoms with van der Waals surface area (Å²) in [4.78, 5) is 24.6. The fourth-order valence-electron chi connectivity index (χ4n) is 15.4. The van der Waals surface area contributed by atoms with E-state index in [0.717, 1.165) is 35.9 Å². The van der Waals surface area contributed by atoms with Crippen molar-refractivity contribution in [2.75, 3.05) is 65.2 Å². The van der Waals surface area contributed by atoms with Crippen LogP contribution in [0.15, 0.2) is 64.8 Å². The lowest BCUT2D eigenvalue weighted by Crippen LogP contribution is -2.69. The largest absolute Gasteiger partial charge is 0.494 e. The first-order chi connectivity index (χ1) is 58.9. The summed E-state index contributed by atoms with van der Waals surface area (Å²) in [6.07, 6.45) is -74.0. The van der Waals surface area contributed by atoms with Gasteiger partial charge in [-0.05, 0) is 61.4 Å². The number of carboxylic acid groups (broad SMARTS) is 1. The molecule has 30 aliphatic rings. The number of thiol groups is 1. The maximum absolute atomic E-state index is 13.1. The Morgan fingerprint density at radius 2 is 0.585 bits per heavy atom. The Kier molecular flexibility index (Phi) is 39.2. The van der Waals surface area contributed by atoms with Gasteiger partial charge in [-0.1, -0.05) is 63.6 Å². The monoisotopic (exact) mass is 1790 g/mol. The van der Waals surface area contributed by atoms with Gasteiger partial charge in [0.05, 0.1) is 70.1 Å². The Bertz CT molecular complexity index is 3440. The van der Waals surface area contributed by atoms with E-state index in [9.17, 15) is 132 Å². The molecule has 16 bridgehead atoms. The molecule has 30 aliphatic heterocycles. The molecule has 41 atom stereocenters. The summed E-state index contributed by atoms with van der Waals surface area (Å²) in [5.74, 6) is -1.13. The summed E-state index contributed by atoms with van der Waals surface area (Å²) in [6.45, 7) is -6.41. The van der Waals surface area contributed by atoms with Crippen molar-refractivity contribution in [3.05, 3.63) is 54.6 Å². The van der Waals surface area contributed by atoms with Gasteiger partial charge in [0.2, 0.25) is 5.91 Å². The third-order valence-electron chi connectivity index (χ3n) is 22.6. The molecule has 25 N–H and O–H groups in total. The molecule has 123 heavy (non-hydrogen) atoms. The van der Waals surface area contributed by atoms with Crippen LogP contribution >= 0.6 is 12.6 Å². The van der Waals surface area contributed by atoms with E-state index in [1.807, 2.05) is 54.6 Å². The zero-order valence-electron chi connectivity index (χ0n) is 66.8. The first kappa shape index (κ1) is 101. The van der Waals surface area contributed by atoms with Crippen LogP contribution in [-0.2, 0) is 85.4 Å². The molecular weight excluding hydrogens is 1670 g/mol. The van der Waals surface area contributed by atoms with E-state index in [2.05, 4.69) is 28.2 Å². The quantitative estimate of drug-likeness (QED) is 0.0236. The molecule has 0 saturated carbocycles. The van der Waals surface area contributed by atoms with Crippen LogP contribution < -0.4 is 10.1 Å². The number of aliphatic hydroxyl groups excluding tert-OH is 23. The molecule has 46 nitrogen and oxygen atoms in total. The molecule has 2 aromatic rings. The summed E-state index contributed by atoms with van der Waals surface area (Å²) in [5.41, 5.74) is 1.69. The summed E-state index contributed by atoms with van der Waals surface area (Å²) < 4.78 is 98.0. The highest BCUT2D eigenvalue weighted by molar-refractivity contribution is 7.80. The van der Waals surface area contributed by atoms with Crippen LogP contribution in [0.4, 0.5) is 11.4 Å². The molecule has 47 heteroatoms. The lowest BCUT2D eigenvalue weighted by molar-refractivity contribution is -0.403. The lowest BCUT2D eigenvalue weighted by atomic mass is 9.94. The van der Waals surface area contributed by atoms with Crippen LogP contribution in [0.3, 0.4) is 0 Å². The number of carbonyl (C=O) groups is 2. The molecule has 0 radical (unpaired) electrons. The Morgan fingerprint density at radius 1 is 0.341 bits per heavy atom.